The highest BCUT2D eigenvalue weighted by Crippen LogP contribution is 2.34. The van der Waals surface area contributed by atoms with E-state index in [-0.39, 0.29) is 31.4 Å². The van der Waals surface area contributed by atoms with E-state index in [1.165, 1.54) is 11.3 Å². The van der Waals surface area contributed by atoms with E-state index >= 15 is 0 Å². The Morgan fingerprint density at radius 2 is 1.90 bits per heavy atom. The van der Waals surface area contributed by atoms with Crippen LogP contribution in [-0.2, 0) is 14.3 Å². The van der Waals surface area contributed by atoms with Crippen molar-refractivity contribution < 1.29 is 23.9 Å². The Hall–Kier alpha value is -2.42. The van der Waals surface area contributed by atoms with Gasteiger partial charge in [0.15, 0.2) is 0 Å². The maximum atomic E-state index is 12.8. The molecule has 1 saturated heterocycles. The number of anilines is 1. The molecule has 9 heteroatoms. The van der Waals surface area contributed by atoms with Crippen LogP contribution in [0.4, 0.5) is 9.80 Å². The Bertz CT molecular complexity index is 841. The van der Waals surface area contributed by atoms with Crippen molar-refractivity contribution in [1.29, 1.82) is 0 Å². The standard InChI is InChI=1S/C20H27N3O5S/c1-4-28-17(25)15-12(2)13(3)29-16(15)21-14(24)8-11-23-18(26)20(22-19(23)27)9-6-5-7-10-20/h4-11H2,1-3H3,(H,21,24)(H,22,27). The molecular weight excluding hydrogens is 394 g/mol. The van der Waals surface area contributed by atoms with Gasteiger partial charge in [0.25, 0.3) is 5.91 Å². The van der Waals surface area contributed by atoms with Gasteiger partial charge >= 0.3 is 12.0 Å². The van der Waals surface area contributed by atoms with Gasteiger partial charge in [-0.1, -0.05) is 19.3 Å². The summed E-state index contributed by atoms with van der Waals surface area (Å²) in [4.78, 5) is 51.8. The van der Waals surface area contributed by atoms with Gasteiger partial charge in [0.05, 0.1) is 12.2 Å². The molecule has 0 aromatic carbocycles. The van der Waals surface area contributed by atoms with Gasteiger partial charge in [-0.05, 0) is 39.2 Å². The van der Waals surface area contributed by atoms with E-state index < -0.39 is 17.5 Å². The first-order valence-corrected chi connectivity index (χ1v) is 10.8. The summed E-state index contributed by atoms with van der Waals surface area (Å²) >= 11 is 1.31. The van der Waals surface area contributed by atoms with Crippen LogP contribution in [0.3, 0.4) is 0 Å². The number of nitrogens with zero attached hydrogens (tertiary/aromatic N) is 1. The second kappa shape index (κ2) is 8.52. The Morgan fingerprint density at radius 1 is 1.21 bits per heavy atom. The van der Waals surface area contributed by atoms with Crippen molar-refractivity contribution in [2.45, 2.75) is 64.8 Å². The van der Waals surface area contributed by atoms with Crippen LogP contribution in [0.15, 0.2) is 0 Å². The molecule has 1 aromatic heterocycles. The fraction of sp³-hybridized carbons (Fsp3) is 0.600. The maximum Gasteiger partial charge on any atom is 0.341 e. The zero-order valence-corrected chi connectivity index (χ0v) is 17.9. The summed E-state index contributed by atoms with van der Waals surface area (Å²) in [7, 11) is 0. The molecule has 0 bridgehead atoms. The minimum atomic E-state index is -0.787. The zero-order chi connectivity index (χ0) is 21.2. The fourth-order valence-electron chi connectivity index (χ4n) is 3.94. The third-order valence-corrected chi connectivity index (χ3v) is 6.76. The van der Waals surface area contributed by atoms with Crippen LogP contribution < -0.4 is 10.6 Å². The summed E-state index contributed by atoms with van der Waals surface area (Å²) in [6, 6.07) is -0.431. The zero-order valence-electron chi connectivity index (χ0n) is 17.1. The number of aryl methyl sites for hydroxylation is 1. The van der Waals surface area contributed by atoms with E-state index in [1.807, 2.05) is 13.8 Å². The molecule has 4 amide bonds. The molecule has 158 valence electrons. The molecule has 1 aliphatic carbocycles. The van der Waals surface area contributed by atoms with Crippen molar-refractivity contribution >= 4 is 40.2 Å². The van der Waals surface area contributed by atoms with Gasteiger partial charge in [-0.2, -0.15) is 0 Å². The largest absolute Gasteiger partial charge is 0.462 e. The van der Waals surface area contributed by atoms with Gasteiger partial charge in [-0.3, -0.25) is 14.5 Å². The number of carbonyl (C=O) groups excluding carboxylic acids is 4. The van der Waals surface area contributed by atoms with E-state index in [0.717, 1.165) is 34.6 Å². The molecule has 0 atom stereocenters. The fourth-order valence-corrected chi connectivity index (χ4v) is 5.00. The number of carbonyl (C=O) groups is 4. The van der Waals surface area contributed by atoms with Crippen LogP contribution in [0, 0.1) is 13.8 Å². The number of rotatable bonds is 6. The van der Waals surface area contributed by atoms with Crippen molar-refractivity contribution in [3.63, 3.8) is 0 Å². The average Bonchev–Trinajstić information content (AvgIpc) is 3.07. The molecule has 2 N–H and O–H groups in total. The number of amides is 4. The third-order valence-electron chi connectivity index (χ3n) is 5.63. The van der Waals surface area contributed by atoms with E-state index in [1.54, 1.807) is 6.92 Å². The van der Waals surface area contributed by atoms with Crippen molar-refractivity contribution in [3.05, 3.63) is 16.0 Å². The SMILES string of the molecule is CCOC(=O)c1c(NC(=O)CCN2C(=O)NC3(CCCCC3)C2=O)sc(C)c1C. The molecule has 1 spiro atoms. The molecule has 2 fully saturated rings. The van der Waals surface area contributed by atoms with Crippen LogP contribution in [0.5, 0.6) is 0 Å². The summed E-state index contributed by atoms with van der Waals surface area (Å²) in [5.74, 6) is -1.06. The van der Waals surface area contributed by atoms with Gasteiger partial charge < -0.3 is 15.4 Å². The van der Waals surface area contributed by atoms with Gasteiger partial charge in [0, 0.05) is 17.8 Å². The average molecular weight is 422 g/mol. The predicted molar refractivity (Wildman–Crippen MR) is 109 cm³/mol. The van der Waals surface area contributed by atoms with E-state index in [2.05, 4.69) is 10.6 Å². The molecular formula is C20H27N3O5S. The number of esters is 1. The van der Waals surface area contributed by atoms with Crippen molar-refractivity contribution in [1.82, 2.24) is 10.2 Å². The predicted octanol–water partition coefficient (Wildman–Crippen LogP) is 3.12. The van der Waals surface area contributed by atoms with Crippen molar-refractivity contribution in [2.24, 2.45) is 0 Å². The number of hydrogen-bond donors (Lipinski definition) is 2. The molecule has 1 saturated carbocycles. The van der Waals surface area contributed by atoms with Crippen LogP contribution >= 0.6 is 11.3 Å². The van der Waals surface area contributed by atoms with Crippen LogP contribution in [0.25, 0.3) is 0 Å². The Labute approximate surface area is 174 Å². The molecule has 1 aliphatic heterocycles. The number of hydrogen-bond acceptors (Lipinski definition) is 6. The number of nitrogens with one attached hydrogen (secondary N) is 2. The van der Waals surface area contributed by atoms with Gasteiger partial charge in [-0.15, -0.1) is 11.3 Å². The Balaban J connectivity index is 1.64. The Kier molecular flexibility index (Phi) is 6.26. The molecule has 1 aromatic rings. The topological polar surface area (TPSA) is 105 Å². The summed E-state index contributed by atoms with van der Waals surface area (Å²) in [5.41, 5.74) is 0.348. The maximum absolute atomic E-state index is 12.8. The lowest BCUT2D eigenvalue weighted by Crippen LogP contribution is -2.48. The second-order valence-corrected chi connectivity index (χ2v) is 8.76. The lowest BCUT2D eigenvalue weighted by atomic mass is 9.82. The smallest absolute Gasteiger partial charge is 0.341 e. The Morgan fingerprint density at radius 3 is 2.55 bits per heavy atom. The number of urea groups is 1. The first-order chi connectivity index (χ1) is 13.8. The molecule has 0 unspecified atom stereocenters. The number of thiophene rings is 1. The molecule has 2 aliphatic rings. The molecule has 2 heterocycles. The highest BCUT2D eigenvalue weighted by atomic mass is 32.1. The van der Waals surface area contributed by atoms with E-state index in [4.69, 9.17) is 4.74 Å². The highest BCUT2D eigenvalue weighted by Gasteiger charge is 2.51. The summed E-state index contributed by atoms with van der Waals surface area (Å²) < 4.78 is 5.09. The van der Waals surface area contributed by atoms with Gasteiger partial charge in [-0.25, -0.2) is 9.59 Å². The molecule has 8 nitrogen and oxygen atoms in total. The molecule has 29 heavy (non-hydrogen) atoms. The normalized spacial score (nSPS) is 18.1. The van der Waals surface area contributed by atoms with Crippen molar-refractivity contribution in [3.8, 4) is 0 Å². The quantitative estimate of drug-likeness (QED) is 0.542. The highest BCUT2D eigenvalue weighted by molar-refractivity contribution is 7.16. The lowest BCUT2D eigenvalue weighted by Gasteiger charge is -2.30. The summed E-state index contributed by atoms with van der Waals surface area (Å²) in [6.45, 7) is 5.66. The van der Waals surface area contributed by atoms with Gasteiger partial charge in [0.2, 0.25) is 5.91 Å². The van der Waals surface area contributed by atoms with Crippen LogP contribution in [-0.4, -0.2) is 47.4 Å². The number of ether oxygens (including phenoxy) is 1. The first kappa shape index (κ1) is 21.3. The monoisotopic (exact) mass is 421 g/mol. The molecule has 3 rings (SSSR count). The minimum absolute atomic E-state index is 0.0102. The van der Waals surface area contributed by atoms with E-state index in [0.29, 0.717) is 23.4 Å². The van der Waals surface area contributed by atoms with Crippen molar-refractivity contribution in [2.75, 3.05) is 18.5 Å². The van der Waals surface area contributed by atoms with Gasteiger partial charge in [0.1, 0.15) is 10.5 Å². The molecule has 0 radical (unpaired) electrons. The van der Waals surface area contributed by atoms with Crippen LogP contribution in [0.1, 0.15) is 66.2 Å². The summed E-state index contributed by atoms with van der Waals surface area (Å²) in [5, 5.41) is 6.02. The minimum Gasteiger partial charge on any atom is -0.462 e. The van der Waals surface area contributed by atoms with E-state index in [9.17, 15) is 19.2 Å². The van der Waals surface area contributed by atoms with Crippen LogP contribution in [0.2, 0.25) is 0 Å². The summed E-state index contributed by atoms with van der Waals surface area (Å²) in [6.07, 6.45) is 4.15. The second-order valence-electron chi connectivity index (χ2n) is 7.54. The third kappa shape index (κ3) is 4.14. The first-order valence-electron chi connectivity index (χ1n) is 10.00. The lowest BCUT2D eigenvalue weighted by molar-refractivity contribution is -0.132. The number of imide groups is 1.